The molecule has 1 aromatic carbocycles. The van der Waals surface area contributed by atoms with Crippen LogP contribution < -0.4 is 10.6 Å². The normalized spacial score (nSPS) is 19.7. The van der Waals surface area contributed by atoms with E-state index in [0.717, 1.165) is 19.5 Å². The van der Waals surface area contributed by atoms with Gasteiger partial charge < -0.3 is 10.6 Å². The molecule has 18 heavy (non-hydrogen) atoms. The first-order valence-corrected chi connectivity index (χ1v) is 6.63. The summed E-state index contributed by atoms with van der Waals surface area (Å²) in [5, 5.41) is 6.45. The fourth-order valence-corrected chi connectivity index (χ4v) is 2.64. The van der Waals surface area contributed by atoms with Crippen molar-refractivity contribution in [3.8, 4) is 0 Å². The Balaban J connectivity index is 1.96. The van der Waals surface area contributed by atoms with Crippen LogP contribution in [0.2, 0.25) is 0 Å². The van der Waals surface area contributed by atoms with Gasteiger partial charge in [0.25, 0.3) is 0 Å². The largest absolute Gasteiger partial charge is 0.355 e. The van der Waals surface area contributed by atoms with Gasteiger partial charge in [-0.1, -0.05) is 17.7 Å². The molecule has 2 N–H and O–H groups in total. The molecular formula is C15H22N2O. The van der Waals surface area contributed by atoms with E-state index in [9.17, 15) is 4.79 Å². The van der Waals surface area contributed by atoms with Crippen LogP contribution in [-0.4, -0.2) is 18.5 Å². The Hall–Kier alpha value is -1.35. The van der Waals surface area contributed by atoms with Gasteiger partial charge in [-0.3, -0.25) is 4.79 Å². The highest BCUT2D eigenvalue weighted by molar-refractivity contribution is 5.76. The number of hydrogen-bond donors (Lipinski definition) is 2. The SMILES string of the molecule is Cc1cc(C)c(CNC2CCC(=O)NC2)c(C)c1. The van der Waals surface area contributed by atoms with Gasteiger partial charge in [0.15, 0.2) is 0 Å². The summed E-state index contributed by atoms with van der Waals surface area (Å²) < 4.78 is 0. The molecule has 3 nitrogen and oxygen atoms in total. The van der Waals surface area contributed by atoms with E-state index in [1.807, 2.05) is 0 Å². The summed E-state index contributed by atoms with van der Waals surface area (Å²) in [5.74, 6) is 0.177. The van der Waals surface area contributed by atoms with Crippen LogP contribution in [0.3, 0.4) is 0 Å². The maximum atomic E-state index is 11.1. The Bertz CT molecular complexity index is 421. The number of amides is 1. The number of carbonyl (C=O) groups excluding carboxylic acids is 1. The second-order valence-electron chi connectivity index (χ2n) is 5.30. The Morgan fingerprint density at radius 1 is 1.28 bits per heavy atom. The van der Waals surface area contributed by atoms with Gasteiger partial charge in [0.1, 0.15) is 0 Å². The second-order valence-corrected chi connectivity index (χ2v) is 5.30. The van der Waals surface area contributed by atoms with Crippen molar-refractivity contribution in [2.75, 3.05) is 6.54 Å². The molecule has 0 aromatic heterocycles. The van der Waals surface area contributed by atoms with Crippen molar-refractivity contribution < 1.29 is 4.79 Å². The fraction of sp³-hybridized carbons (Fsp3) is 0.533. The van der Waals surface area contributed by atoms with E-state index in [1.54, 1.807) is 0 Å². The third-order valence-electron chi connectivity index (χ3n) is 3.67. The van der Waals surface area contributed by atoms with Gasteiger partial charge in [0.2, 0.25) is 5.91 Å². The molecule has 1 saturated heterocycles. The minimum Gasteiger partial charge on any atom is -0.355 e. The number of piperidine rings is 1. The van der Waals surface area contributed by atoms with Crippen LogP contribution in [0.1, 0.15) is 35.1 Å². The van der Waals surface area contributed by atoms with Gasteiger partial charge in [0.05, 0.1) is 0 Å². The molecular weight excluding hydrogens is 224 g/mol. The Labute approximate surface area is 109 Å². The number of benzene rings is 1. The zero-order valence-electron chi connectivity index (χ0n) is 11.5. The second kappa shape index (κ2) is 5.53. The third kappa shape index (κ3) is 3.10. The molecule has 1 amide bonds. The summed E-state index contributed by atoms with van der Waals surface area (Å²) in [6, 6.07) is 4.86. The molecule has 0 radical (unpaired) electrons. The highest BCUT2D eigenvalue weighted by atomic mass is 16.1. The van der Waals surface area contributed by atoms with Crippen molar-refractivity contribution in [2.24, 2.45) is 0 Å². The summed E-state index contributed by atoms with van der Waals surface area (Å²) in [5.41, 5.74) is 5.40. The van der Waals surface area contributed by atoms with Gasteiger partial charge >= 0.3 is 0 Å². The first kappa shape index (κ1) is 13.1. The number of nitrogens with one attached hydrogen (secondary N) is 2. The molecule has 98 valence electrons. The Kier molecular flexibility index (Phi) is 4.02. The topological polar surface area (TPSA) is 41.1 Å². The first-order valence-electron chi connectivity index (χ1n) is 6.63. The number of carbonyl (C=O) groups is 1. The van der Waals surface area contributed by atoms with E-state index in [2.05, 4.69) is 43.5 Å². The highest BCUT2D eigenvalue weighted by Crippen LogP contribution is 2.16. The van der Waals surface area contributed by atoms with E-state index >= 15 is 0 Å². The summed E-state index contributed by atoms with van der Waals surface area (Å²) >= 11 is 0. The van der Waals surface area contributed by atoms with E-state index in [0.29, 0.717) is 12.5 Å². The van der Waals surface area contributed by atoms with Crippen LogP contribution in [0.15, 0.2) is 12.1 Å². The van der Waals surface area contributed by atoms with Crippen LogP contribution in [-0.2, 0) is 11.3 Å². The predicted molar refractivity (Wildman–Crippen MR) is 73.5 cm³/mol. The molecule has 1 atom stereocenters. The average Bonchev–Trinajstić information content (AvgIpc) is 2.30. The maximum absolute atomic E-state index is 11.1. The molecule has 1 aliphatic heterocycles. The summed E-state index contributed by atoms with van der Waals surface area (Å²) in [6.45, 7) is 8.11. The quantitative estimate of drug-likeness (QED) is 0.856. The van der Waals surface area contributed by atoms with Crippen LogP contribution in [0.4, 0.5) is 0 Å². The molecule has 0 saturated carbocycles. The van der Waals surface area contributed by atoms with Crippen LogP contribution in [0, 0.1) is 20.8 Å². The van der Waals surface area contributed by atoms with Crippen LogP contribution in [0.25, 0.3) is 0 Å². The Morgan fingerprint density at radius 3 is 2.50 bits per heavy atom. The van der Waals surface area contributed by atoms with Crippen LogP contribution in [0.5, 0.6) is 0 Å². The third-order valence-corrected chi connectivity index (χ3v) is 3.67. The molecule has 1 aliphatic rings. The number of hydrogen-bond acceptors (Lipinski definition) is 2. The zero-order chi connectivity index (χ0) is 13.1. The number of aryl methyl sites for hydroxylation is 3. The minimum atomic E-state index is 0.177. The van der Waals surface area contributed by atoms with Gasteiger partial charge in [-0.2, -0.15) is 0 Å². The maximum Gasteiger partial charge on any atom is 0.220 e. The summed E-state index contributed by atoms with van der Waals surface area (Å²) in [4.78, 5) is 11.1. The van der Waals surface area contributed by atoms with E-state index in [-0.39, 0.29) is 5.91 Å². The molecule has 0 aliphatic carbocycles. The molecule has 0 bridgehead atoms. The minimum absolute atomic E-state index is 0.177. The predicted octanol–water partition coefficient (Wildman–Crippen LogP) is 1.98. The first-order chi connectivity index (χ1) is 8.56. The lowest BCUT2D eigenvalue weighted by molar-refractivity contribution is -0.122. The molecule has 0 spiro atoms. The van der Waals surface area contributed by atoms with Gasteiger partial charge in [0, 0.05) is 25.6 Å². The van der Waals surface area contributed by atoms with Crippen molar-refractivity contribution in [3.05, 3.63) is 34.4 Å². The van der Waals surface area contributed by atoms with Gasteiger partial charge in [-0.05, 0) is 43.9 Å². The lowest BCUT2D eigenvalue weighted by atomic mass is 9.99. The lowest BCUT2D eigenvalue weighted by Gasteiger charge is -2.24. The van der Waals surface area contributed by atoms with E-state index < -0.39 is 0 Å². The summed E-state index contributed by atoms with van der Waals surface area (Å²) in [6.07, 6.45) is 1.58. The van der Waals surface area contributed by atoms with Gasteiger partial charge in [-0.25, -0.2) is 0 Å². The van der Waals surface area contributed by atoms with Crippen molar-refractivity contribution in [1.29, 1.82) is 0 Å². The molecule has 1 fully saturated rings. The molecule has 2 rings (SSSR count). The van der Waals surface area contributed by atoms with Crippen LogP contribution >= 0.6 is 0 Å². The molecule has 1 unspecified atom stereocenters. The molecule has 1 heterocycles. The van der Waals surface area contributed by atoms with E-state index in [1.165, 1.54) is 22.3 Å². The van der Waals surface area contributed by atoms with Crippen molar-refractivity contribution in [3.63, 3.8) is 0 Å². The smallest absolute Gasteiger partial charge is 0.220 e. The highest BCUT2D eigenvalue weighted by Gasteiger charge is 2.17. The number of rotatable bonds is 3. The zero-order valence-corrected chi connectivity index (χ0v) is 11.5. The fourth-order valence-electron chi connectivity index (χ4n) is 2.64. The lowest BCUT2D eigenvalue weighted by Crippen LogP contribution is -2.45. The monoisotopic (exact) mass is 246 g/mol. The molecule has 3 heteroatoms. The Morgan fingerprint density at radius 2 is 1.94 bits per heavy atom. The van der Waals surface area contributed by atoms with Crippen molar-refractivity contribution in [1.82, 2.24) is 10.6 Å². The van der Waals surface area contributed by atoms with E-state index in [4.69, 9.17) is 0 Å². The van der Waals surface area contributed by atoms with Gasteiger partial charge in [-0.15, -0.1) is 0 Å². The van der Waals surface area contributed by atoms with Crippen molar-refractivity contribution >= 4 is 5.91 Å². The standard InChI is InChI=1S/C15H22N2O/c1-10-6-11(2)14(12(3)7-10)9-16-13-4-5-15(18)17-8-13/h6-7,13,16H,4-5,8-9H2,1-3H3,(H,17,18). The van der Waals surface area contributed by atoms with Crippen molar-refractivity contribution in [2.45, 2.75) is 46.2 Å². The average molecular weight is 246 g/mol. The molecule has 1 aromatic rings. The summed E-state index contributed by atoms with van der Waals surface area (Å²) in [7, 11) is 0.